The molecule has 20 heavy (non-hydrogen) atoms. The van der Waals surface area contributed by atoms with Crippen LogP contribution in [0, 0.1) is 11.8 Å². The monoisotopic (exact) mass is 269 g/mol. The number of benzene rings is 1. The van der Waals surface area contributed by atoms with E-state index in [0.717, 1.165) is 11.3 Å². The van der Waals surface area contributed by atoms with E-state index in [1.165, 1.54) is 0 Å². The van der Waals surface area contributed by atoms with Gasteiger partial charge in [0.2, 0.25) is 0 Å². The van der Waals surface area contributed by atoms with E-state index < -0.39 is 6.09 Å². The Morgan fingerprint density at radius 3 is 2.95 bits per heavy atom. The zero-order valence-electron chi connectivity index (χ0n) is 10.9. The molecule has 0 unspecified atom stereocenters. The number of aromatic nitrogens is 2. The van der Waals surface area contributed by atoms with Gasteiger partial charge in [0.25, 0.3) is 0 Å². The van der Waals surface area contributed by atoms with Crippen molar-refractivity contribution in [3.05, 3.63) is 54.1 Å². The molecule has 0 aliphatic rings. The van der Waals surface area contributed by atoms with Gasteiger partial charge < -0.3 is 15.0 Å². The van der Waals surface area contributed by atoms with Crippen LogP contribution in [0.25, 0.3) is 0 Å². The number of hydrogen-bond acceptors (Lipinski definition) is 3. The second-order valence-electron chi connectivity index (χ2n) is 4.01. The van der Waals surface area contributed by atoms with Gasteiger partial charge in [0, 0.05) is 13.0 Å². The first-order chi connectivity index (χ1) is 9.84. The highest BCUT2D eigenvalue weighted by molar-refractivity contribution is 5.67. The Hall–Kier alpha value is -2.74. The number of carbonyl (C=O) groups is 1. The highest BCUT2D eigenvalue weighted by atomic mass is 16.5. The summed E-state index contributed by atoms with van der Waals surface area (Å²) in [4.78, 5) is 18.1. The van der Waals surface area contributed by atoms with Gasteiger partial charge in [-0.05, 0) is 11.5 Å². The lowest BCUT2D eigenvalue weighted by atomic mass is 10.2. The molecule has 0 aliphatic carbocycles. The van der Waals surface area contributed by atoms with Crippen LogP contribution in [0.4, 0.5) is 4.79 Å². The minimum atomic E-state index is -0.433. The van der Waals surface area contributed by atoms with E-state index in [0.29, 0.717) is 13.0 Å². The van der Waals surface area contributed by atoms with Crippen molar-refractivity contribution in [3.8, 4) is 11.8 Å². The average molecular weight is 269 g/mol. The summed E-state index contributed by atoms with van der Waals surface area (Å²) >= 11 is 0. The molecule has 1 amide bonds. The summed E-state index contributed by atoms with van der Waals surface area (Å²) in [6.07, 6.45) is 3.34. The van der Waals surface area contributed by atoms with Crippen LogP contribution in [0.3, 0.4) is 0 Å². The molecule has 1 aromatic carbocycles. The number of alkyl carbamates (subject to hydrolysis) is 1. The number of imidazole rings is 1. The van der Waals surface area contributed by atoms with Crippen molar-refractivity contribution in [2.45, 2.75) is 13.0 Å². The maximum absolute atomic E-state index is 11.4. The minimum absolute atomic E-state index is 0.270. The molecule has 0 bridgehead atoms. The number of carbonyl (C=O) groups excluding carboxylic acids is 1. The molecule has 1 heterocycles. The van der Waals surface area contributed by atoms with Crippen LogP contribution in [0.5, 0.6) is 0 Å². The van der Waals surface area contributed by atoms with E-state index >= 15 is 0 Å². The maximum Gasteiger partial charge on any atom is 0.407 e. The van der Waals surface area contributed by atoms with Gasteiger partial charge in [-0.15, -0.1) is 0 Å². The Balaban J connectivity index is 1.61. The van der Waals surface area contributed by atoms with E-state index in [2.05, 4.69) is 27.1 Å². The molecule has 2 rings (SSSR count). The molecular weight excluding hydrogens is 254 g/mol. The number of ether oxygens (including phenoxy) is 1. The van der Waals surface area contributed by atoms with Gasteiger partial charge in [0.05, 0.1) is 12.5 Å². The van der Waals surface area contributed by atoms with Crippen molar-refractivity contribution < 1.29 is 9.53 Å². The SMILES string of the molecule is O=C(NCCC#Cc1cnc[nH]1)OCc1ccccc1. The lowest BCUT2D eigenvalue weighted by Crippen LogP contribution is -2.24. The van der Waals surface area contributed by atoms with Gasteiger partial charge in [0.1, 0.15) is 12.3 Å². The fourth-order valence-corrected chi connectivity index (χ4v) is 1.48. The Morgan fingerprint density at radius 2 is 2.20 bits per heavy atom. The van der Waals surface area contributed by atoms with Gasteiger partial charge in [-0.25, -0.2) is 9.78 Å². The van der Waals surface area contributed by atoms with Crippen LogP contribution < -0.4 is 5.32 Å². The van der Waals surface area contributed by atoms with Crippen molar-refractivity contribution in [2.75, 3.05) is 6.54 Å². The number of amides is 1. The molecule has 2 N–H and O–H groups in total. The number of hydrogen-bond donors (Lipinski definition) is 2. The first kappa shape index (κ1) is 13.7. The van der Waals surface area contributed by atoms with Crippen LogP contribution in [0.1, 0.15) is 17.7 Å². The molecule has 0 aliphatic heterocycles. The summed E-state index contributed by atoms with van der Waals surface area (Å²) in [7, 11) is 0. The van der Waals surface area contributed by atoms with Crippen molar-refractivity contribution in [2.24, 2.45) is 0 Å². The van der Waals surface area contributed by atoms with Gasteiger partial charge in [-0.1, -0.05) is 36.3 Å². The van der Waals surface area contributed by atoms with Crippen LogP contribution in [0.2, 0.25) is 0 Å². The molecule has 0 atom stereocenters. The van der Waals surface area contributed by atoms with Crippen molar-refractivity contribution in [1.29, 1.82) is 0 Å². The highest BCUT2D eigenvalue weighted by Crippen LogP contribution is 2.00. The third-order valence-corrected chi connectivity index (χ3v) is 2.45. The average Bonchev–Trinajstić information content (AvgIpc) is 2.99. The Labute approximate surface area is 117 Å². The topological polar surface area (TPSA) is 67.0 Å². The smallest absolute Gasteiger partial charge is 0.407 e. The van der Waals surface area contributed by atoms with Crippen LogP contribution in [-0.4, -0.2) is 22.6 Å². The molecule has 0 saturated heterocycles. The maximum atomic E-state index is 11.4. The summed E-state index contributed by atoms with van der Waals surface area (Å²) in [6, 6.07) is 9.54. The molecule has 102 valence electrons. The fourth-order valence-electron chi connectivity index (χ4n) is 1.48. The summed E-state index contributed by atoms with van der Waals surface area (Å²) < 4.78 is 5.07. The largest absolute Gasteiger partial charge is 0.445 e. The molecule has 0 radical (unpaired) electrons. The van der Waals surface area contributed by atoms with Crippen LogP contribution in [-0.2, 0) is 11.3 Å². The normalized spacial score (nSPS) is 9.40. The molecule has 2 aromatic rings. The van der Waals surface area contributed by atoms with E-state index in [-0.39, 0.29) is 6.61 Å². The number of nitrogens with zero attached hydrogens (tertiary/aromatic N) is 1. The number of H-pyrrole nitrogens is 1. The molecule has 5 nitrogen and oxygen atoms in total. The zero-order chi connectivity index (χ0) is 14.0. The van der Waals surface area contributed by atoms with Crippen LogP contribution >= 0.6 is 0 Å². The zero-order valence-corrected chi connectivity index (χ0v) is 10.9. The van der Waals surface area contributed by atoms with Crippen LogP contribution in [0.15, 0.2) is 42.9 Å². The summed E-state index contributed by atoms with van der Waals surface area (Å²) in [5, 5.41) is 2.64. The highest BCUT2D eigenvalue weighted by Gasteiger charge is 2.00. The van der Waals surface area contributed by atoms with E-state index in [4.69, 9.17) is 4.74 Å². The lowest BCUT2D eigenvalue weighted by Gasteiger charge is -2.05. The predicted octanol–water partition coefficient (Wildman–Crippen LogP) is 2.08. The lowest BCUT2D eigenvalue weighted by molar-refractivity contribution is 0.140. The van der Waals surface area contributed by atoms with Gasteiger partial charge in [-0.2, -0.15) is 0 Å². The van der Waals surface area contributed by atoms with Gasteiger partial charge in [-0.3, -0.25) is 0 Å². The Kier molecular flexibility index (Phi) is 5.23. The summed E-state index contributed by atoms with van der Waals surface area (Å²) in [6.45, 7) is 0.723. The minimum Gasteiger partial charge on any atom is -0.445 e. The number of aromatic amines is 1. The first-order valence-corrected chi connectivity index (χ1v) is 6.26. The number of nitrogens with one attached hydrogen (secondary N) is 2. The number of rotatable bonds is 4. The third kappa shape index (κ3) is 4.86. The molecule has 0 spiro atoms. The van der Waals surface area contributed by atoms with Crippen molar-refractivity contribution in [1.82, 2.24) is 15.3 Å². The quantitative estimate of drug-likeness (QED) is 0.659. The first-order valence-electron chi connectivity index (χ1n) is 6.26. The van der Waals surface area contributed by atoms with E-state index in [9.17, 15) is 4.79 Å². The molecule has 1 aromatic heterocycles. The summed E-state index contributed by atoms with van der Waals surface area (Å²) in [5.41, 5.74) is 1.72. The second kappa shape index (κ2) is 7.64. The molecule has 0 saturated carbocycles. The predicted molar refractivity (Wildman–Crippen MR) is 74.7 cm³/mol. The van der Waals surface area contributed by atoms with Crippen molar-refractivity contribution >= 4 is 6.09 Å². The Bertz CT molecular complexity index is 583. The third-order valence-electron chi connectivity index (χ3n) is 2.45. The van der Waals surface area contributed by atoms with Crippen molar-refractivity contribution in [3.63, 3.8) is 0 Å². The van der Waals surface area contributed by atoms with E-state index in [1.807, 2.05) is 30.3 Å². The fraction of sp³-hybridized carbons (Fsp3) is 0.200. The summed E-state index contributed by atoms with van der Waals surface area (Å²) in [5.74, 6) is 5.82. The molecular formula is C15H15N3O2. The standard InChI is InChI=1S/C15H15N3O2/c19-15(20-11-13-6-2-1-3-7-13)17-9-5-4-8-14-10-16-12-18-14/h1-3,6-7,10,12H,5,9,11H2,(H,16,18)(H,17,19). The van der Waals surface area contributed by atoms with E-state index in [1.54, 1.807) is 12.5 Å². The van der Waals surface area contributed by atoms with Gasteiger partial charge in [0.15, 0.2) is 0 Å². The second-order valence-corrected chi connectivity index (χ2v) is 4.01. The van der Waals surface area contributed by atoms with Gasteiger partial charge >= 0.3 is 6.09 Å². The molecule has 5 heteroatoms. The Morgan fingerprint density at radius 1 is 1.35 bits per heavy atom. The molecule has 0 fully saturated rings.